The van der Waals surface area contributed by atoms with E-state index in [2.05, 4.69) is 23.2 Å². The van der Waals surface area contributed by atoms with Crippen LogP contribution in [0, 0.1) is 11.3 Å². The molecule has 0 radical (unpaired) electrons. The lowest BCUT2D eigenvalue weighted by Gasteiger charge is -2.39. The monoisotopic (exact) mass is 267 g/mol. The SMILES string of the molecule is CCNC(C)(C#N)CCCN1CCCC(C)(OC)C1. The number of likely N-dealkylation sites (tertiary alicyclic amines) is 1. The molecule has 1 fully saturated rings. The number of nitriles is 1. The molecule has 0 amide bonds. The molecule has 1 aliphatic rings. The Morgan fingerprint density at radius 2 is 2.26 bits per heavy atom. The molecule has 19 heavy (non-hydrogen) atoms. The standard InChI is InChI=1S/C15H29N3O/c1-5-17-14(2,12-16)8-6-10-18-11-7-9-15(3,13-18)19-4/h17H,5-11,13H2,1-4H3. The smallest absolute Gasteiger partial charge is 0.103 e. The summed E-state index contributed by atoms with van der Waals surface area (Å²) in [5, 5.41) is 12.5. The van der Waals surface area contributed by atoms with Gasteiger partial charge < -0.3 is 9.64 Å². The summed E-state index contributed by atoms with van der Waals surface area (Å²) in [6.07, 6.45) is 4.30. The van der Waals surface area contributed by atoms with Crippen LogP contribution in [0.15, 0.2) is 0 Å². The summed E-state index contributed by atoms with van der Waals surface area (Å²) in [6, 6.07) is 2.39. The van der Waals surface area contributed by atoms with E-state index in [9.17, 15) is 5.26 Å². The summed E-state index contributed by atoms with van der Waals surface area (Å²) >= 11 is 0. The molecule has 1 rings (SSSR count). The molecular formula is C15H29N3O. The van der Waals surface area contributed by atoms with Crippen LogP contribution in [-0.4, -0.2) is 49.3 Å². The average molecular weight is 267 g/mol. The van der Waals surface area contributed by atoms with Crippen molar-refractivity contribution in [1.29, 1.82) is 5.26 Å². The van der Waals surface area contributed by atoms with E-state index < -0.39 is 0 Å². The van der Waals surface area contributed by atoms with Crippen LogP contribution in [-0.2, 0) is 4.74 Å². The van der Waals surface area contributed by atoms with Gasteiger partial charge in [0, 0.05) is 13.7 Å². The van der Waals surface area contributed by atoms with Gasteiger partial charge in [0.05, 0.1) is 11.7 Å². The number of methoxy groups -OCH3 is 1. The van der Waals surface area contributed by atoms with Gasteiger partial charge in [-0.3, -0.25) is 5.32 Å². The van der Waals surface area contributed by atoms with Crippen LogP contribution in [0.4, 0.5) is 0 Å². The normalized spacial score (nSPS) is 27.7. The lowest BCUT2D eigenvalue weighted by molar-refractivity contribution is -0.0509. The van der Waals surface area contributed by atoms with Crippen LogP contribution < -0.4 is 5.32 Å². The summed E-state index contributed by atoms with van der Waals surface area (Å²) < 4.78 is 5.61. The van der Waals surface area contributed by atoms with Gasteiger partial charge in [-0.2, -0.15) is 5.26 Å². The molecule has 4 heteroatoms. The summed E-state index contributed by atoms with van der Waals surface area (Å²) in [5.41, 5.74) is -0.368. The first kappa shape index (κ1) is 16.4. The average Bonchev–Trinajstić information content (AvgIpc) is 2.39. The zero-order valence-electron chi connectivity index (χ0n) is 13.0. The Morgan fingerprint density at radius 3 is 2.84 bits per heavy atom. The van der Waals surface area contributed by atoms with Crippen LogP contribution in [0.25, 0.3) is 0 Å². The van der Waals surface area contributed by atoms with Crippen LogP contribution in [0.1, 0.15) is 46.5 Å². The van der Waals surface area contributed by atoms with Gasteiger partial charge in [0.1, 0.15) is 5.54 Å². The fraction of sp³-hybridized carbons (Fsp3) is 0.933. The van der Waals surface area contributed by atoms with Gasteiger partial charge in [-0.05, 0) is 59.2 Å². The van der Waals surface area contributed by atoms with Crippen LogP contribution in [0.3, 0.4) is 0 Å². The van der Waals surface area contributed by atoms with Crippen molar-refractivity contribution in [3.05, 3.63) is 0 Å². The molecule has 1 N–H and O–H groups in total. The summed E-state index contributed by atoms with van der Waals surface area (Å²) in [7, 11) is 1.81. The maximum absolute atomic E-state index is 9.23. The van der Waals surface area contributed by atoms with E-state index >= 15 is 0 Å². The highest BCUT2D eigenvalue weighted by molar-refractivity contribution is 5.03. The number of nitrogens with zero attached hydrogens (tertiary/aromatic N) is 2. The van der Waals surface area contributed by atoms with E-state index in [0.717, 1.165) is 45.4 Å². The number of nitrogens with one attached hydrogen (secondary N) is 1. The van der Waals surface area contributed by atoms with Crippen LogP contribution in [0.5, 0.6) is 0 Å². The van der Waals surface area contributed by atoms with Gasteiger partial charge in [0.25, 0.3) is 0 Å². The Balaban J connectivity index is 2.35. The van der Waals surface area contributed by atoms with E-state index in [1.807, 2.05) is 13.8 Å². The number of hydrogen-bond acceptors (Lipinski definition) is 4. The van der Waals surface area contributed by atoms with Crippen molar-refractivity contribution in [3.8, 4) is 6.07 Å². The highest BCUT2D eigenvalue weighted by Crippen LogP contribution is 2.24. The molecule has 2 unspecified atom stereocenters. The second-order valence-corrected chi connectivity index (χ2v) is 6.11. The number of rotatable bonds is 7. The molecule has 0 saturated carbocycles. The quantitative estimate of drug-likeness (QED) is 0.768. The molecule has 0 aromatic carbocycles. The maximum atomic E-state index is 9.23. The molecule has 0 spiro atoms. The molecule has 0 bridgehead atoms. The van der Waals surface area contributed by atoms with Crippen LogP contribution >= 0.6 is 0 Å². The summed E-state index contributed by atoms with van der Waals surface area (Å²) in [5.74, 6) is 0. The Labute approximate surface area is 118 Å². The van der Waals surface area contributed by atoms with Gasteiger partial charge in [0.2, 0.25) is 0 Å². The van der Waals surface area contributed by atoms with E-state index in [0.29, 0.717) is 0 Å². The van der Waals surface area contributed by atoms with Gasteiger partial charge in [0.15, 0.2) is 0 Å². The molecule has 1 saturated heterocycles. The van der Waals surface area contributed by atoms with Gasteiger partial charge in [-0.25, -0.2) is 0 Å². The van der Waals surface area contributed by atoms with Crippen LogP contribution in [0.2, 0.25) is 0 Å². The Bertz CT molecular complexity index is 315. The van der Waals surface area contributed by atoms with Crippen molar-refractivity contribution >= 4 is 0 Å². The van der Waals surface area contributed by atoms with Crippen molar-refractivity contribution in [1.82, 2.24) is 10.2 Å². The maximum Gasteiger partial charge on any atom is 0.103 e. The van der Waals surface area contributed by atoms with E-state index in [4.69, 9.17) is 4.74 Å². The molecule has 110 valence electrons. The summed E-state index contributed by atoms with van der Waals surface area (Å²) in [6.45, 7) is 10.3. The molecule has 4 nitrogen and oxygen atoms in total. The Hall–Kier alpha value is -0.630. The largest absolute Gasteiger partial charge is 0.377 e. The first-order valence-corrected chi connectivity index (χ1v) is 7.41. The second-order valence-electron chi connectivity index (χ2n) is 6.11. The lowest BCUT2D eigenvalue weighted by Crippen LogP contribution is -2.48. The summed E-state index contributed by atoms with van der Waals surface area (Å²) in [4.78, 5) is 2.47. The zero-order chi connectivity index (χ0) is 14.4. The van der Waals surface area contributed by atoms with Crippen molar-refractivity contribution in [2.45, 2.75) is 57.6 Å². The van der Waals surface area contributed by atoms with Crippen molar-refractivity contribution in [3.63, 3.8) is 0 Å². The fourth-order valence-corrected chi connectivity index (χ4v) is 2.90. The van der Waals surface area contributed by atoms with Crippen molar-refractivity contribution in [2.24, 2.45) is 0 Å². The first-order valence-electron chi connectivity index (χ1n) is 7.41. The lowest BCUT2D eigenvalue weighted by atomic mass is 9.93. The van der Waals surface area contributed by atoms with E-state index in [1.165, 1.54) is 6.42 Å². The van der Waals surface area contributed by atoms with E-state index in [-0.39, 0.29) is 11.1 Å². The predicted molar refractivity (Wildman–Crippen MR) is 78.0 cm³/mol. The van der Waals surface area contributed by atoms with Gasteiger partial charge >= 0.3 is 0 Å². The molecule has 0 aromatic heterocycles. The molecule has 1 aliphatic heterocycles. The number of ether oxygens (including phenoxy) is 1. The third-order valence-electron chi connectivity index (χ3n) is 4.20. The minimum Gasteiger partial charge on any atom is -0.377 e. The third-order valence-corrected chi connectivity index (χ3v) is 4.20. The number of hydrogen-bond donors (Lipinski definition) is 1. The van der Waals surface area contributed by atoms with Gasteiger partial charge in [-0.1, -0.05) is 6.92 Å². The highest BCUT2D eigenvalue weighted by Gasteiger charge is 2.30. The second kappa shape index (κ2) is 7.23. The molecule has 0 aliphatic carbocycles. The molecule has 2 atom stereocenters. The third kappa shape index (κ3) is 5.10. The fourth-order valence-electron chi connectivity index (χ4n) is 2.90. The molecular weight excluding hydrogens is 238 g/mol. The first-order chi connectivity index (χ1) is 8.97. The van der Waals surface area contributed by atoms with Crippen molar-refractivity contribution in [2.75, 3.05) is 33.3 Å². The zero-order valence-corrected chi connectivity index (χ0v) is 13.0. The van der Waals surface area contributed by atoms with E-state index in [1.54, 1.807) is 7.11 Å². The minimum atomic E-state index is -0.380. The topological polar surface area (TPSA) is 48.3 Å². The van der Waals surface area contributed by atoms with Crippen molar-refractivity contribution < 1.29 is 4.74 Å². The molecule has 1 heterocycles. The molecule has 0 aromatic rings. The highest BCUT2D eigenvalue weighted by atomic mass is 16.5. The Kier molecular flexibility index (Phi) is 6.25. The predicted octanol–water partition coefficient (Wildman–Crippen LogP) is 2.16. The number of piperidine rings is 1. The minimum absolute atomic E-state index is 0.0124. The van der Waals surface area contributed by atoms with Gasteiger partial charge in [-0.15, -0.1) is 0 Å². The Morgan fingerprint density at radius 1 is 1.53 bits per heavy atom.